The van der Waals surface area contributed by atoms with E-state index in [-0.39, 0.29) is 5.69 Å². The van der Waals surface area contributed by atoms with Crippen LogP contribution >= 0.6 is 11.3 Å². The molecule has 0 spiro atoms. The zero-order valence-corrected chi connectivity index (χ0v) is 11.1. The van der Waals surface area contributed by atoms with E-state index in [2.05, 4.69) is 14.9 Å². The number of anilines is 1. The molecule has 0 amide bonds. The molecule has 6 heteroatoms. The highest BCUT2D eigenvalue weighted by atomic mass is 32.1. The summed E-state index contributed by atoms with van der Waals surface area (Å²) >= 11 is 1.46. The van der Waals surface area contributed by atoms with Crippen molar-refractivity contribution in [2.24, 2.45) is 0 Å². The lowest BCUT2D eigenvalue weighted by atomic mass is 10.2. The molecular formula is C13H13N3O2S. The van der Waals surface area contributed by atoms with Gasteiger partial charge in [0.15, 0.2) is 5.69 Å². The van der Waals surface area contributed by atoms with Gasteiger partial charge in [-0.1, -0.05) is 0 Å². The minimum absolute atomic E-state index is 0.0906. The molecule has 2 aromatic rings. The molecule has 1 aliphatic rings. The molecular weight excluding hydrogens is 262 g/mol. The van der Waals surface area contributed by atoms with Crippen LogP contribution in [0.5, 0.6) is 0 Å². The van der Waals surface area contributed by atoms with E-state index in [1.165, 1.54) is 11.3 Å². The number of hydrogen-bond acceptors (Lipinski definition) is 5. The van der Waals surface area contributed by atoms with Gasteiger partial charge in [-0.3, -0.25) is 4.98 Å². The van der Waals surface area contributed by atoms with Gasteiger partial charge in [0.1, 0.15) is 0 Å². The van der Waals surface area contributed by atoms with Crippen molar-refractivity contribution >= 4 is 23.0 Å². The van der Waals surface area contributed by atoms with Crippen molar-refractivity contribution in [3.63, 3.8) is 0 Å². The molecule has 0 aliphatic carbocycles. The van der Waals surface area contributed by atoms with E-state index in [4.69, 9.17) is 0 Å². The van der Waals surface area contributed by atoms with Gasteiger partial charge in [0.25, 0.3) is 0 Å². The summed E-state index contributed by atoms with van der Waals surface area (Å²) in [5.41, 5.74) is 3.44. The first-order valence-electron chi connectivity index (χ1n) is 6.13. The van der Waals surface area contributed by atoms with E-state index in [0.717, 1.165) is 36.5 Å². The standard InChI is InChI=1S/C13H13N3O2S/c17-13(18)11-6-9(16-3-1-2-4-16)5-10(15-11)12-7-14-8-19-12/h5-8H,1-4H2,(H,17,18). The lowest BCUT2D eigenvalue weighted by Crippen LogP contribution is -2.18. The second-order valence-corrected chi connectivity index (χ2v) is 5.35. The summed E-state index contributed by atoms with van der Waals surface area (Å²) in [6.07, 6.45) is 4.02. The minimum atomic E-state index is -0.994. The summed E-state index contributed by atoms with van der Waals surface area (Å²) in [5.74, 6) is -0.994. The molecule has 0 atom stereocenters. The largest absolute Gasteiger partial charge is 0.477 e. The molecule has 0 saturated carbocycles. The lowest BCUT2D eigenvalue weighted by Gasteiger charge is -2.18. The number of rotatable bonds is 3. The van der Waals surface area contributed by atoms with Crippen LogP contribution in [0.15, 0.2) is 23.8 Å². The first kappa shape index (κ1) is 12.1. The molecule has 1 N–H and O–H groups in total. The summed E-state index contributed by atoms with van der Waals surface area (Å²) in [5, 5.41) is 9.18. The topological polar surface area (TPSA) is 66.3 Å². The van der Waals surface area contributed by atoms with E-state index >= 15 is 0 Å². The first-order valence-corrected chi connectivity index (χ1v) is 7.01. The zero-order chi connectivity index (χ0) is 13.2. The van der Waals surface area contributed by atoms with E-state index in [9.17, 15) is 9.90 Å². The highest BCUT2D eigenvalue weighted by Gasteiger charge is 2.17. The van der Waals surface area contributed by atoms with Crippen LogP contribution in [0.4, 0.5) is 5.69 Å². The summed E-state index contributed by atoms with van der Waals surface area (Å²) in [7, 11) is 0. The van der Waals surface area contributed by atoms with Crippen LogP contribution in [-0.4, -0.2) is 34.1 Å². The smallest absolute Gasteiger partial charge is 0.354 e. The number of aromatic carboxylic acids is 1. The molecule has 3 heterocycles. The van der Waals surface area contributed by atoms with Gasteiger partial charge in [-0.05, 0) is 25.0 Å². The maximum Gasteiger partial charge on any atom is 0.354 e. The Labute approximate surface area is 114 Å². The minimum Gasteiger partial charge on any atom is -0.477 e. The third kappa shape index (κ3) is 2.44. The molecule has 0 bridgehead atoms. The van der Waals surface area contributed by atoms with Crippen molar-refractivity contribution < 1.29 is 9.90 Å². The predicted octanol–water partition coefficient (Wildman–Crippen LogP) is 2.50. The van der Waals surface area contributed by atoms with Gasteiger partial charge in [0.05, 0.1) is 16.1 Å². The van der Waals surface area contributed by atoms with Crippen molar-refractivity contribution in [2.45, 2.75) is 12.8 Å². The molecule has 1 saturated heterocycles. The first-order chi connectivity index (χ1) is 9.24. The Kier molecular flexibility index (Phi) is 3.16. The monoisotopic (exact) mass is 275 g/mol. The highest BCUT2D eigenvalue weighted by molar-refractivity contribution is 7.13. The van der Waals surface area contributed by atoms with Crippen molar-refractivity contribution in [2.75, 3.05) is 18.0 Å². The van der Waals surface area contributed by atoms with E-state index in [1.807, 2.05) is 6.07 Å². The molecule has 5 nitrogen and oxygen atoms in total. The maximum absolute atomic E-state index is 11.2. The van der Waals surface area contributed by atoms with Crippen molar-refractivity contribution in [3.05, 3.63) is 29.5 Å². The van der Waals surface area contributed by atoms with Gasteiger partial charge in [-0.25, -0.2) is 9.78 Å². The molecule has 1 aliphatic heterocycles. The summed E-state index contributed by atoms with van der Waals surface area (Å²) in [4.78, 5) is 22.5. The SMILES string of the molecule is O=C(O)c1cc(N2CCCC2)cc(-c2cncs2)n1. The summed E-state index contributed by atoms with van der Waals surface area (Å²) < 4.78 is 0. The Morgan fingerprint density at radius 2 is 2.11 bits per heavy atom. The fraction of sp³-hybridized carbons (Fsp3) is 0.308. The quantitative estimate of drug-likeness (QED) is 0.932. The molecule has 0 radical (unpaired) electrons. The van der Waals surface area contributed by atoms with Crippen LogP contribution in [0.25, 0.3) is 10.6 Å². The molecule has 2 aromatic heterocycles. The highest BCUT2D eigenvalue weighted by Crippen LogP contribution is 2.28. The van der Waals surface area contributed by atoms with Gasteiger partial charge >= 0.3 is 5.97 Å². The number of aromatic nitrogens is 2. The Morgan fingerprint density at radius 1 is 1.32 bits per heavy atom. The summed E-state index contributed by atoms with van der Waals surface area (Å²) in [6.45, 7) is 1.95. The van der Waals surface area contributed by atoms with Gasteiger partial charge in [-0.15, -0.1) is 11.3 Å². The third-order valence-corrected chi connectivity index (χ3v) is 3.98. The zero-order valence-electron chi connectivity index (χ0n) is 10.2. The van der Waals surface area contributed by atoms with Crippen molar-refractivity contribution in [1.29, 1.82) is 0 Å². The van der Waals surface area contributed by atoms with E-state index in [0.29, 0.717) is 5.69 Å². The fourth-order valence-corrected chi connectivity index (χ4v) is 2.83. The number of pyridine rings is 1. The Bertz CT molecular complexity index is 592. The maximum atomic E-state index is 11.2. The number of carbonyl (C=O) groups is 1. The molecule has 0 aromatic carbocycles. The second-order valence-electron chi connectivity index (χ2n) is 4.46. The fourth-order valence-electron chi connectivity index (χ4n) is 2.25. The van der Waals surface area contributed by atoms with Crippen LogP contribution in [0.1, 0.15) is 23.3 Å². The predicted molar refractivity (Wildman–Crippen MR) is 73.8 cm³/mol. The lowest BCUT2D eigenvalue weighted by molar-refractivity contribution is 0.0690. The van der Waals surface area contributed by atoms with Crippen molar-refractivity contribution in [3.8, 4) is 10.6 Å². The Morgan fingerprint density at radius 3 is 2.74 bits per heavy atom. The third-order valence-electron chi connectivity index (χ3n) is 3.19. The number of thiazole rings is 1. The van der Waals surface area contributed by atoms with E-state index in [1.54, 1.807) is 17.8 Å². The molecule has 19 heavy (non-hydrogen) atoms. The normalized spacial score (nSPS) is 14.8. The van der Waals surface area contributed by atoms with Gasteiger partial charge in [0, 0.05) is 25.0 Å². The number of carboxylic acid groups (broad SMARTS) is 1. The number of carboxylic acids is 1. The Balaban J connectivity index is 2.06. The van der Waals surface area contributed by atoms with Crippen LogP contribution in [0.2, 0.25) is 0 Å². The van der Waals surface area contributed by atoms with Crippen LogP contribution in [-0.2, 0) is 0 Å². The van der Waals surface area contributed by atoms with Crippen LogP contribution in [0.3, 0.4) is 0 Å². The summed E-state index contributed by atoms with van der Waals surface area (Å²) in [6, 6.07) is 3.60. The average Bonchev–Trinajstić information content (AvgIpc) is 3.11. The molecule has 0 unspecified atom stereocenters. The van der Waals surface area contributed by atoms with Gasteiger partial charge in [-0.2, -0.15) is 0 Å². The van der Waals surface area contributed by atoms with Crippen LogP contribution < -0.4 is 4.90 Å². The molecule has 3 rings (SSSR count). The molecule has 98 valence electrons. The second kappa shape index (κ2) is 4.97. The Hall–Kier alpha value is -1.95. The number of nitrogens with zero attached hydrogens (tertiary/aromatic N) is 3. The van der Waals surface area contributed by atoms with Gasteiger partial charge in [0.2, 0.25) is 0 Å². The van der Waals surface area contributed by atoms with Crippen molar-refractivity contribution in [1.82, 2.24) is 9.97 Å². The average molecular weight is 275 g/mol. The number of hydrogen-bond donors (Lipinski definition) is 1. The van der Waals surface area contributed by atoms with Crippen LogP contribution in [0, 0.1) is 0 Å². The van der Waals surface area contributed by atoms with E-state index < -0.39 is 5.97 Å². The molecule has 1 fully saturated rings. The van der Waals surface area contributed by atoms with Gasteiger partial charge < -0.3 is 10.0 Å².